The van der Waals surface area contributed by atoms with Gasteiger partial charge in [0.05, 0.1) is 0 Å². The van der Waals surface area contributed by atoms with Gasteiger partial charge in [-0.1, -0.05) is 158 Å². The summed E-state index contributed by atoms with van der Waals surface area (Å²) < 4.78 is 0. The van der Waals surface area contributed by atoms with Crippen molar-refractivity contribution in [3.05, 3.63) is 170 Å². The molecule has 0 bridgehead atoms. The van der Waals surface area contributed by atoms with E-state index in [9.17, 15) is 0 Å². The zero-order chi connectivity index (χ0) is 31.3. The Kier molecular flexibility index (Phi) is 5.20. The molecule has 0 radical (unpaired) electrons. The summed E-state index contributed by atoms with van der Waals surface area (Å²) >= 11 is 0. The van der Waals surface area contributed by atoms with Gasteiger partial charge >= 0.3 is 0 Å². The highest BCUT2D eigenvalue weighted by Crippen LogP contribution is 2.44. The van der Waals surface area contributed by atoms with Crippen molar-refractivity contribution in [2.45, 2.75) is 0 Å². The number of fused-ring (bicyclic) bond motifs is 1. The second kappa shape index (κ2) is 9.64. The predicted molar refractivity (Wildman–Crippen MR) is 208 cm³/mol. The minimum atomic E-state index is 1.25. The van der Waals surface area contributed by atoms with Crippen LogP contribution in [0.25, 0.3) is 109 Å². The maximum Gasteiger partial charge on any atom is -0.00203 e. The maximum absolute atomic E-state index is 2.37. The lowest BCUT2D eigenvalue weighted by molar-refractivity contribution is 1.66. The van der Waals surface area contributed by atoms with Crippen molar-refractivity contribution in [2.75, 3.05) is 0 Å². The molecule has 0 spiro atoms. The van der Waals surface area contributed by atoms with Gasteiger partial charge in [-0.05, 0) is 121 Å². The van der Waals surface area contributed by atoms with E-state index in [0.717, 1.165) is 0 Å². The third-order valence-corrected chi connectivity index (χ3v) is 10.7. The first-order chi connectivity index (χ1) is 23.8. The highest BCUT2D eigenvalue weighted by atomic mass is 14.2. The minimum absolute atomic E-state index is 1.25. The number of hydrogen-bond donors (Lipinski definition) is 0. The molecule has 48 heavy (non-hydrogen) atoms. The van der Waals surface area contributed by atoms with Crippen molar-refractivity contribution < 1.29 is 0 Å². The van der Waals surface area contributed by atoms with Crippen LogP contribution >= 0.6 is 0 Å². The summed E-state index contributed by atoms with van der Waals surface area (Å²) in [6, 6.07) is 63.4. The Morgan fingerprint density at radius 3 is 1.08 bits per heavy atom. The molecule has 0 saturated heterocycles. The van der Waals surface area contributed by atoms with Crippen LogP contribution in [0.2, 0.25) is 0 Å². The Morgan fingerprint density at radius 1 is 0.208 bits per heavy atom. The van der Waals surface area contributed by atoms with E-state index in [-0.39, 0.29) is 0 Å². The van der Waals surface area contributed by atoms with Gasteiger partial charge in [0.15, 0.2) is 0 Å². The quantitative estimate of drug-likeness (QED) is 0.176. The Labute approximate surface area is 277 Å². The highest BCUT2D eigenvalue weighted by Gasteiger charge is 2.16. The molecule has 0 aliphatic rings. The molecule has 0 aromatic heterocycles. The van der Waals surface area contributed by atoms with Crippen molar-refractivity contribution in [3.63, 3.8) is 0 Å². The topological polar surface area (TPSA) is 0 Å². The van der Waals surface area contributed by atoms with Crippen LogP contribution in [0.15, 0.2) is 170 Å². The molecule has 0 atom stereocenters. The van der Waals surface area contributed by atoms with Crippen molar-refractivity contribution in [1.29, 1.82) is 0 Å². The molecule has 0 aliphatic heterocycles. The summed E-state index contributed by atoms with van der Waals surface area (Å²) in [7, 11) is 0. The molecule has 11 rings (SSSR count). The summed E-state index contributed by atoms with van der Waals surface area (Å²) in [5.74, 6) is 0. The third-order valence-electron chi connectivity index (χ3n) is 10.7. The Bertz CT molecular complexity index is 3020. The molecule has 0 amide bonds. The van der Waals surface area contributed by atoms with Crippen molar-refractivity contribution in [1.82, 2.24) is 0 Å². The van der Waals surface area contributed by atoms with Crippen LogP contribution < -0.4 is 0 Å². The van der Waals surface area contributed by atoms with Crippen molar-refractivity contribution in [2.24, 2.45) is 0 Å². The predicted octanol–water partition coefficient (Wildman–Crippen LogP) is 13.6. The second-order valence-corrected chi connectivity index (χ2v) is 13.3. The molecule has 0 N–H and O–H groups in total. The summed E-state index contributed by atoms with van der Waals surface area (Å²) in [5, 5.41) is 18.4. The van der Waals surface area contributed by atoms with Gasteiger partial charge in [0.25, 0.3) is 0 Å². The molecular weight excluding hydrogens is 577 g/mol. The summed E-state index contributed by atoms with van der Waals surface area (Å²) in [6.07, 6.45) is 0. The van der Waals surface area contributed by atoms with Crippen LogP contribution in [0.3, 0.4) is 0 Å². The van der Waals surface area contributed by atoms with Gasteiger partial charge < -0.3 is 0 Å². The van der Waals surface area contributed by atoms with Crippen LogP contribution in [0.1, 0.15) is 0 Å². The van der Waals surface area contributed by atoms with Crippen LogP contribution in [0, 0.1) is 0 Å². The lowest BCUT2D eigenvalue weighted by Crippen LogP contribution is -1.90. The second-order valence-electron chi connectivity index (χ2n) is 13.3. The smallest absolute Gasteiger partial charge is 0.00203 e. The Morgan fingerprint density at radius 2 is 0.583 bits per heavy atom. The Hall–Kier alpha value is -6.24. The van der Waals surface area contributed by atoms with Gasteiger partial charge in [-0.15, -0.1) is 0 Å². The molecule has 11 aromatic rings. The number of benzene rings is 11. The van der Waals surface area contributed by atoms with Gasteiger partial charge in [-0.25, -0.2) is 0 Å². The van der Waals surface area contributed by atoms with E-state index < -0.39 is 0 Å². The van der Waals surface area contributed by atoms with Gasteiger partial charge in [-0.2, -0.15) is 0 Å². The third kappa shape index (κ3) is 3.60. The van der Waals surface area contributed by atoms with E-state index in [0.29, 0.717) is 0 Å². The summed E-state index contributed by atoms with van der Waals surface area (Å²) in [4.78, 5) is 0. The first kappa shape index (κ1) is 25.9. The van der Waals surface area contributed by atoms with Crippen molar-refractivity contribution >= 4 is 75.4 Å². The van der Waals surface area contributed by atoms with Gasteiger partial charge in [0, 0.05) is 0 Å². The van der Waals surface area contributed by atoms with Crippen LogP contribution in [-0.4, -0.2) is 0 Å². The fraction of sp³-hybridized carbons (Fsp3) is 0. The monoisotopic (exact) mass is 604 g/mol. The number of rotatable bonds is 3. The van der Waals surface area contributed by atoms with E-state index in [4.69, 9.17) is 0 Å². The van der Waals surface area contributed by atoms with Gasteiger partial charge in [0.1, 0.15) is 0 Å². The van der Waals surface area contributed by atoms with Crippen LogP contribution in [0.4, 0.5) is 0 Å². The van der Waals surface area contributed by atoms with E-state index in [1.54, 1.807) is 0 Å². The molecule has 11 aromatic carbocycles. The standard InChI is InChI=1S/C48H28/c1-2-5-29(6-3-1)39-21-15-33-20-26-44-41(23-17-34-19-25-42(39)47(33)48(34)44)38-14-12-35-27-37(13-11-36(35)28-38)40-22-16-32-10-9-30-7-4-8-31-18-24-43(40)46(32)45(30)31/h1-28H. The average molecular weight is 605 g/mol. The molecule has 220 valence electrons. The maximum atomic E-state index is 2.37. The SMILES string of the molecule is c1ccc(-c2ccc3ccc4c(-c5ccc6cc(-c7ccc8ccc9cccc%10ccc7c8c9%10)ccc6c5)ccc5ccc2c3c54)cc1. The fourth-order valence-electron chi connectivity index (χ4n) is 8.49. The molecule has 0 heteroatoms. The van der Waals surface area contributed by atoms with Crippen molar-refractivity contribution in [3.8, 4) is 33.4 Å². The van der Waals surface area contributed by atoms with Crippen LogP contribution in [0.5, 0.6) is 0 Å². The van der Waals surface area contributed by atoms with Gasteiger partial charge in [0.2, 0.25) is 0 Å². The molecule has 0 nitrogen and oxygen atoms in total. The zero-order valence-electron chi connectivity index (χ0n) is 26.2. The molecule has 0 fully saturated rings. The van der Waals surface area contributed by atoms with E-state index in [1.807, 2.05) is 0 Å². The molecule has 0 aliphatic carbocycles. The molecular formula is C48H28. The largest absolute Gasteiger partial charge is 0.0622 e. The molecule has 0 heterocycles. The van der Waals surface area contributed by atoms with E-state index in [1.165, 1.54) is 109 Å². The highest BCUT2D eigenvalue weighted by molar-refractivity contribution is 6.28. The number of hydrogen-bond acceptors (Lipinski definition) is 0. The normalized spacial score (nSPS) is 12.2. The average Bonchev–Trinajstić information content (AvgIpc) is 3.15. The lowest BCUT2D eigenvalue weighted by atomic mass is 9.87. The summed E-state index contributed by atoms with van der Waals surface area (Å²) in [5.41, 5.74) is 7.61. The van der Waals surface area contributed by atoms with Gasteiger partial charge in [-0.3, -0.25) is 0 Å². The molecule has 0 saturated carbocycles. The zero-order valence-corrected chi connectivity index (χ0v) is 26.2. The fourth-order valence-corrected chi connectivity index (χ4v) is 8.49. The summed E-state index contributed by atoms with van der Waals surface area (Å²) in [6.45, 7) is 0. The Balaban J connectivity index is 1.06. The van der Waals surface area contributed by atoms with E-state index in [2.05, 4.69) is 170 Å². The minimum Gasteiger partial charge on any atom is -0.0622 e. The lowest BCUT2D eigenvalue weighted by Gasteiger charge is -2.17. The first-order valence-corrected chi connectivity index (χ1v) is 16.8. The van der Waals surface area contributed by atoms with Crippen LogP contribution in [-0.2, 0) is 0 Å². The molecule has 0 unspecified atom stereocenters. The van der Waals surface area contributed by atoms with E-state index >= 15 is 0 Å². The first-order valence-electron chi connectivity index (χ1n) is 16.8.